The number of hydrogen-bond acceptors (Lipinski definition) is 4. The van der Waals surface area contributed by atoms with Crippen LogP contribution < -0.4 is 10.9 Å². The molecule has 132 valence electrons. The third kappa shape index (κ3) is 2.75. The predicted molar refractivity (Wildman–Crippen MR) is 95.2 cm³/mol. The Kier molecular flexibility index (Phi) is 3.80. The zero-order valence-corrected chi connectivity index (χ0v) is 14.1. The number of anilines is 1. The number of carbonyl (C=O) groups is 2. The number of hydrogen-bond donors (Lipinski definition) is 2. The first-order valence-corrected chi connectivity index (χ1v) is 8.24. The predicted octanol–water partition coefficient (Wildman–Crippen LogP) is 1.22. The van der Waals surface area contributed by atoms with Gasteiger partial charge in [0.15, 0.2) is 5.65 Å². The summed E-state index contributed by atoms with van der Waals surface area (Å²) in [6.07, 6.45) is 1.77. The number of H-pyrrole nitrogens is 1. The summed E-state index contributed by atoms with van der Waals surface area (Å²) in [6, 6.07) is 10.5. The topological polar surface area (TPSA) is 99.6 Å². The summed E-state index contributed by atoms with van der Waals surface area (Å²) >= 11 is 0. The molecular formula is C18H17N5O3. The van der Waals surface area contributed by atoms with Crippen molar-refractivity contribution in [2.24, 2.45) is 0 Å². The van der Waals surface area contributed by atoms with Crippen LogP contribution in [-0.2, 0) is 4.79 Å². The van der Waals surface area contributed by atoms with Gasteiger partial charge in [-0.05, 0) is 12.1 Å². The fraction of sp³-hybridized carbons (Fsp3) is 0.222. The number of para-hydroxylation sites is 1. The van der Waals surface area contributed by atoms with E-state index in [-0.39, 0.29) is 34.5 Å². The number of aromatic amines is 1. The Bertz CT molecular complexity index is 1050. The summed E-state index contributed by atoms with van der Waals surface area (Å²) in [5.74, 6) is -0.489. The molecule has 1 saturated heterocycles. The molecular weight excluding hydrogens is 334 g/mol. The number of rotatable bonds is 3. The number of likely N-dealkylation sites (N-methyl/N-ethyl adjacent to an activating group) is 1. The summed E-state index contributed by atoms with van der Waals surface area (Å²) in [5.41, 5.74) is 1.39. The number of likely N-dealkylation sites (tertiary alicyclic amines) is 1. The van der Waals surface area contributed by atoms with Gasteiger partial charge in [-0.3, -0.25) is 19.5 Å². The van der Waals surface area contributed by atoms with Gasteiger partial charge in [-0.2, -0.15) is 0 Å². The summed E-state index contributed by atoms with van der Waals surface area (Å²) < 4.78 is 1.23. The van der Waals surface area contributed by atoms with Crippen molar-refractivity contribution in [3.05, 3.63) is 64.2 Å². The molecule has 0 unspecified atom stereocenters. The molecule has 1 atom stereocenters. The molecule has 0 spiro atoms. The summed E-state index contributed by atoms with van der Waals surface area (Å²) in [6.45, 7) is 0.511. The van der Waals surface area contributed by atoms with Gasteiger partial charge in [-0.25, -0.2) is 9.50 Å². The monoisotopic (exact) mass is 351 g/mol. The average Bonchev–Trinajstić information content (AvgIpc) is 3.20. The standard InChI is InChI=1S/C18H17N5O3/c1-22-10-11(7-15(22)24)14-8-16(25)23-17(21-14)13(9-19-23)18(26)20-12-5-3-2-4-6-12/h2-6,8-9,11,19H,7,10H2,1H3,(H,20,26)/t11-/m0/s1. The molecule has 0 saturated carbocycles. The van der Waals surface area contributed by atoms with E-state index in [4.69, 9.17) is 0 Å². The molecule has 0 aliphatic carbocycles. The van der Waals surface area contributed by atoms with E-state index >= 15 is 0 Å². The van der Waals surface area contributed by atoms with Crippen LogP contribution >= 0.6 is 0 Å². The lowest BCUT2D eigenvalue weighted by Gasteiger charge is -2.10. The minimum absolute atomic E-state index is 0.0214. The highest BCUT2D eigenvalue weighted by Crippen LogP contribution is 2.25. The molecule has 8 heteroatoms. The molecule has 1 aliphatic rings. The van der Waals surface area contributed by atoms with Gasteiger partial charge in [-0.1, -0.05) is 18.2 Å². The second-order valence-corrected chi connectivity index (χ2v) is 6.36. The maximum atomic E-state index is 12.6. The van der Waals surface area contributed by atoms with Gasteiger partial charge in [0.2, 0.25) is 5.91 Å². The van der Waals surface area contributed by atoms with Crippen LogP contribution in [0.3, 0.4) is 0 Å². The van der Waals surface area contributed by atoms with Crippen molar-refractivity contribution in [3.63, 3.8) is 0 Å². The Morgan fingerprint density at radius 3 is 2.73 bits per heavy atom. The molecule has 0 radical (unpaired) electrons. The van der Waals surface area contributed by atoms with Crippen molar-refractivity contribution in [1.82, 2.24) is 19.5 Å². The van der Waals surface area contributed by atoms with Crippen molar-refractivity contribution in [2.45, 2.75) is 12.3 Å². The molecule has 4 rings (SSSR count). The van der Waals surface area contributed by atoms with Crippen LogP contribution in [0.2, 0.25) is 0 Å². The van der Waals surface area contributed by atoms with Crippen LogP contribution in [0.15, 0.2) is 47.4 Å². The number of amides is 2. The molecule has 0 bridgehead atoms. The van der Waals surface area contributed by atoms with Crippen LogP contribution in [0.4, 0.5) is 5.69 Å². The number of aromatic nitrogens is 3. The molecule has 2 amide bonds. The van der Waals surface area contributed by atoms with Crippen LogP contribution in [0.1, 0.15) is 28.4 Å². The lowest BCUT2D eigenvalue weighted by molar-refractivity contribution is -0.126. The lowest BCUT2D eigenvalue weighted by Crippen LogP contribution is -2.21. The van der Waals surface area contributed by atoms with Gasteiger partial charge in [-0.15, -0.1) is 0 Å². The van der Waals surface area contributed by atoms with Crippen LogP contribution in [0.25, 0.3) is 5.65 Å². The fourth-order valence-electron chi connectivity index (χ4n) is 3.16. The molecule has 2 aromatic heterocycles. The second-order valence-electron chi connectivity index (χ2n) is 6.36. The molecule has 8 nitrogen and oxygen atoms in total. The van der Waals surface area contributed by atoms with Crippen LogP contribution in [0.5, 0.6) is 0 Å². The van der Waals surface area contributed by atoms with E-state index in [1.54, 1.807) is 24.1 Å². The number of carbonyl (C=O) groups excluding carboxylic acids is 2. The van der Waals surface area contributed by atoms with Gasteiger partial charge < -0.3 is 10.2 Å². The van der Waals surface area contributed by atoms with E-state index in [1.165, 1.54) is 16.8 Å². The SMILES string of the molecule is CN1C[C@@H](c2cc(=O)n3[nH]cc(C(=O)Nc4ccccc4)c3n2)CC1=O. The summed E-state index contributed by atoms with van der Waals surface area (Å²) in [4.78, 5) is 42.9. The van der Waals surface area contributed by atoms with E-state index in [1.807, 2.05) is 18.2 Å². The quantitative estimate of drug-likeness (QED) is 0.741. The van der Waals surface area contributed by atoms with Gasteiger partial charge in [0.25, 0.3) is 11.5 Å². The maximum absolute atomic E-state index is 12.6. The number of nitrogens with one attached hydrogen (secondary N) is 2. The van der Waals surface area contributed by atoms with Gasteiger partial charge in [0, 0.05) is 43.9 Å². The van der Waals surface area contributed by atoms with E-state index < -0.39 is 0 Å². The van der Waals surface area contributed by atoms with Gasteiger partial charge in [0.1, 0.15) is 5.56 Å². The van der Waals surface area contributed by atoms with Gasteiger partial charge in [0.05, 0.1) is 5.69 Å². The van der Waals surface area contributed by atoms with Crippen molar-refractivity contribution in [2.75, 3.05) is 18.9 Å². The Labute approximate surface area is 148 Å². The van der Waals surface area contributed by atoms with Crippen molar-refractivity contribution >= 4 is 23.1 Å². The van der Waals surface area contributed by atoms with Crippen molar-refractivity contribution in [1.29, 1.82) is 0 Å². The third-order valence-corrected chi connectivity index (χ3v) is 4.55. The highest BCUT2D eigenvalue weighted by atomic mass is 16.2. The van der Waals surface area contributed by atoms with Crippen LogP contribution in [-0.4, -0.2) is 44.9 Å². The van der Waals surface area contributed by atoms with E-state index in [0.29, 0.717) is 24.3 Å². The molecule has 3 heterocycles. The first-order valence-electron chi connectivity index (χ1n) is 8.24. The Morgan fingerprint density at radius 2 is 2.04 bits per heavy atom. The first kappa shape index (κ1) is 16.1. The Balaban J connectivity index is 1.71. The average molecular weight is 351 g/mol. The van der Waals surface area contributed by atoms with Crippen molar-refractivity contribution < 1.29 is 9.59 Å². The van der Waals surface area contributed by atoms with E-state index in [0.717, 1.165) is 0 Å². The normalized spacial score (nSPS) is 17.0. The number of fused-ring (bicyclic) bond motifs is 1. The maximum Gasteiger partial charge on any atom is 0.272 e. The molecule has 1 aromatic carbocycles. The molecule has 1 fully saturated rings. The van der Waals surface area contributed by atoms with Crippen LogP contribution in [0, 0.1) is 0 Å². The largest absolute Gasteiger partial charge is 0.345 e. The first-order chi connectivity index (χ1) is 12.5. The molecule has 26 heavy (non-hydrogen) atoms. The van der Waals surface area contributed by atoms with Gasteiger partial charge >= 0.3 is 0 Å². The number of nitrogens with zero attached hydrogens (tertiary/aromatic N) is 3. The summed E-state index contributed by atoms with van der Waals surface area (Å²) in [5, 5.41) is 5.54. The zero-order chi connectivity index (χ0) is 18.3. The lowest BCUT2D eigenvalue weighted by atomic mass is 10.0. The van der Waals surface area contributed by atoms with E-state index in [9.17, 15) is 14.4 Å². The Morgan fingerprint density at radius 1 is 1.27 bits per heavy atom. The molecule has 1 aliphatic heterocycles. The fourth-order valence-corrected chi connectivity index (χ4v) is 3.16. The Hall–Kier alpha value is -3.42. The molecule has 2 N–H and O–H groups in total. The highest BCUT2D eigenvalue weighted by molar-refractivity contribution is 6.08. The van der Waals surface area contributed by atoms with Crippen molar-refractivity contribution in [3.8, 4) is 0 Å². The zero-order valence-electron chi connectivity index (χ0n) is 14.1. The highest BCUT2D eigenvalue weighted by Gasteiger charge is 2.30. The smallest absolute Gasteiger partial charge is 0.272 e. The minimum Gasteiger partial charge on any atom is -0.345 e. The second kappa shape index (κ2) is 6.14. The summed E-state index contributed by atoms with van der Waals surface area (Å²) in [7, 11) is 1.72. The number of benzene rings is 1. The third-order valence-electron chi connectivity index (χ3n) is 4.55. The molecule has 3 aromatic rings. The minimum atomic E-state index is -0.362. The van der Waals surface area contributed by atoms with E-state index in [2.05, 4.69) is 15.4 Å².